The van der Waals surface area contributed by atoms with E-state index in [1.165, 1.54) is 25.7 Å². The zero-order chi connectivity index (χ0) is 12.2. The lowest BCUT2D eigenvalue weighted by Gasteiger charge is -2.40. The SMILES string of the molecule is CCC(O)CO[C@H]1CCCC[C@@H]1C(C)(C)C. The summed E-state index contributed by atoms with van der Waals surface area (Å²) in [5.41, 5.74) is 0.322. The maximum atomic E-state index is 9.55. The van der Waals surface area contributed by atoms with Crippen LogP contribution in [0.1, 0.15) is 59.8 Å². The van der Waals surface area contributed by atoms with Crippen LogP contribution in [0.3, 0.4) is 0 Å². The Kier molecular flexibility index (Phi) is 5.26. The molecule has 0 amide bonds. The molecule has 0 radical (unpaired) electrons. The molecule has 0 spiro atoms. The van der Waals surface area contributed by atoms with Crippen molar-refractivity contribution in [3.05, 3.63) is 0 Å². The smallest absolute Gasteiger partial charge is 0.0771 e. The molecule has 0 saturated heterocycles. The Morgan fingerprint density at radius 3 is 2.44 bits per heavy atom. The first-order chi connectivity index (χ1) is 7.45. The largest absolute Gasteiger partial charge is 0.391 e. The van der Waals surface area contributed by atoms with E-state index in [9.17, 15) is 5.11 Å². The lowest BCUT2D eigenvalue weighted by molar-refractivity contribution is -0.0756. The Balaban J connectivity index is 2.47. The lowest BCUT2D eigenvalue weighted by Crippen LogP contribution is -2.38. The maximum Gasteiger partial charge on any atom is 0.0771 e. The van der Waals surface area contributed by atoms with Gasteiger partial charge in [-0.1, -0.05) is 40.5 Å². The van der Waals surface area contributed by atoms with Crippen molar-refractivity contribution in [3.63, 3.8) is 0 Å². The van der Waals surface area contributed by atoms with Gasteiger partial charge in [-0.3, -0.25) is 0 Å². The second-order valence-corrected chi connectivity index (χ2v) is 6.19. The van der Waals surface area contributed by atoms with Gasteiger partial charge in [0.15, 0.2) is 0 Å². The fourth-order valence-electron chi connectivity index (χ4n) is 2.64. The molecule has 1 fully saturated rings. The zero-order valence-corrected chi connectivity index (χ0v) is 11.3. The van der Waals surface area contributed by atoms with Gasteiger partial charge in [-0.25, -0.2) is 0 Å². The topological polar surface area (TPSA) is 29.5 Å². The molecule has 1 rings (SSSR count). The van der Waals surface area contributed by atoms with Gasteiger partial charge in [-0.15, -0.1) is 0 Å². The van der Waals surface area contributed by atoms with E-state index in [4.69, 9.17) is 4.74 Å². The molecule has 2 nitrogen and oxygen atoms in total. The van der Waals surface area contributed by atoms with E-state index >= 15 is 0 Å². The van der Waals surface area contributed by atoms with Gasteiger partial charge < -0.3 is 9.84 Å². The van der Waals surface area contributed by atoms with Gasteiger partial charge in [0.05, 0.1) is 18.8 Å². The number of aliphatic hydroxyl groups excluding tert-OH is 1. The first-order valence-electron chi connectivity index (χ1n) is 6.74. The highest BCUT2D eigenvalue weighted by atomic mass is 16.5. The van der Waals surface area contributed by atoms with E-state index < -0.39 is 0 Å². The normalized spacial score (nSPS) is 29.1. The second-order valence-electron chi connectivity index (χ2n) is 6.19. The molecule has 1 aliphatic carbocycles. The van der Waals surface area contributed by atoms with Crippen LogP contribution in [0.15, 0.2) is 0 Å². The molecule has 1 saturated carbocycles. The summed E-state index contributed by atoms with van der Waals surface area (Å²) in [7, 11) is 0. The number of aliphatic hydroxyl groups is 1. The third kappa shape index (κ3) is 4.06. The first-order valence-corrected chi connectivity index (χ1v) is 6.74. The number of rotatable bonds is 4. The molecule has 96 valence electrons. The van der Waals surface area contributed by atoms with E-state index in [-0.39, 0.29) is 6.10 Å². The summed E-state index contributed by atoms with van der Waals surface area (Å²) in [6.45, 7) is 9.41. The predicted octanol–water partition coefficient (Wildman–Crippen LogP) is 3.38. The molecule has 0 aromatic rings. The average Bonchev–Trinajstić information content (AvgIpc) is 2.25. The van der Waals surface area contributed by atoms with E-state index in [1.807, 2.05) is 6.92 Å². The van der Waals surface area contributed by atoms with Crippen molar-refractivity contribution in [1.82, 2.24) is 0 Å². The summed E-state index contributed by atoms with van der Waals surface area (Å²) in [6.07, 6.45) is 5.90. The van der Waals surface area contributed by atoms with Crippen molar-refractivity contribution < 1.29 is 9.84 Å². The van der Waals surface area contributed by atoms with Crippen LogP contribution in [0.25, 0.3) is 0 Å². The minimum absolute atomic E-state index is 0.289. The van der Waals surface area contributed by atoms with Crippen LogP contribution >= 0.6 is 0 Å². The summed E-state index contributed by atoms with van der Waals surface area (Å²) < 4.78 is 5.92. The van der Waals surface area contributed by atoms with Crippen molar-refractivity contribution in [2.45, 2.75) is 72.0 Å². The molecule has 1 N–H and O–H groups in total. The summed E-state index contributed by atoms with van der Waals surface area (Å²) in [5, 5.41) is 9.55. The van der Waals surface area contributed by atoms with Gasteiger partial charge in [0.1, 0.15) is 0 Å². The minimum Gasteiger partial charge on any atom is -0.391 e. The summed E-state index contributed by atoms with van der Waals surface area (Å²) >= 11 is 0. The van der Waals surface area contributed by atoms with Gasteiger partial charge in [-0.2, -0.15) is 0 Å². The van der Waals surface area contributed by atoms with Gasteiger partial charge in [0, 0.05) is 0 Å². The molecular formula is C14H28O2. The maximum absolute atomic E-state index is 9.55. The molecule has 0 heterocycles. The molecule has 1 aliphatic rings. The van der Waals surface area contributed by atoms with Crippen LogP contribution in [0, 0.1) is 11.3 Å². The molecule has 0 aromatic carbocycles. The molecule has 16 heavy (non-hydrogen) atoms. The molecule has 2 heteroatoms. The third-order valence-electron chi connectivity index (χ3n) is 3.79. The predicted molar refractivity (Wildman–Crippen MR) is 67.5 cm³/mol. The van der Waals surface area contributed by atoms with Crippen LogP contribution in [0.5, 0.6) is 0 Å². The summed E-state index contributed by atoms with van der Waals surface area (Å²) in [5.74, 6) is 0.644. The Labute approximate surface area is 100 Å². The van der Waals surface area contributed by atoms with Gasteiger partial charge in [0.2, 0.25) is 0 Å². The molecule has 1 unspecified atom stereocenters. The van der Waals surface area contributed by atoms with Crippen LogP contribution < -0.4 is 0 Å². The molecular weight excluding hydrogens is 200 g/mol. The van der Waals surface area contributed by atoms with Crippen molar-refractivity contribution in [3.8, 4) is 0 Å². The molecule has 0 aliphatic heterocycles. The van der Waals surface area contributed by atoms with Crippen LogP contribution in [-0.4, -0.2) is 23.9 Å². The van der Waals surface area contributed by atoms with E-state index in [0.717, 1.165) is 6.42 Å². The van der Waals surface area contributed by atoms with Crippen LogP contribution in [0.4, 0.5) is 0 Å². The van der Waals surface area contributed by atoms with Gasteiger partial charge in [-0.05, 0) is 30.6 Å². The first kappa shape index (κ1) is 14.0. The molecule has 0 aromatic heterocycles. The van der Waals surface area contributed by atoms with Crippen LogP contribution in [-0.2, 0) is 4.74 Å². The van der Waals surface area contributed by atoms with Gasteiger partial charge in [0.25, 0.3) is 0 Å². The summed E-state index contributed by atoms with van der Waals surface area (Å²) in [6, 6.07) is 0. The van der Waals surface area contributed by atoms with Crippen molar-refractivity contribution in [2.24, 2.45) is 11.3 Å². The molecule has 0 bridgehead atoms. The number of ether oxygens (including phenoxy) is 1. The second kappa shape index (κ2) is 6.02. The standard InChI is InChI=1S/C14H28O2/c1-5-11(15)10-16-13-9-7-6-8-12(13)14(2,3)4/h11-13,15H,5-10H2,1-4H3/t11?,12-,13-/m0/s1. The zero-order valence-electron chi connectivity index (χ0n) is 11.3. The highest BCUT2D eigenvalue weighted by Gasteiger charge is 2.34. The quantitative estimate of drug-likeness (QED) is 0.799. The third-order valence-corrected chi connectivity index (χ3v) is 3.79. The van der Waals surface area contributed by atoms with E-state index in [2.05, 4.69) is 20.8 Å². The average molecular weight is 228 g/mol. The highest BCUT2D eigenvalue weighted by molar-refractivity contribution is 4.84. The number of hydrogen-bond donors (Lipinski definition) is 1. The Bertz CT molecular complexity index is 195. The van der Waals surface area contributed by atoms with Crippen molar-refractivity contribution >= 4 is 0 Å². The lowest BCUT2D eigenvalue weighted by atomic mass is 9.70. The molecule has 3 atom stereocenters. The number of hydrogen-bond acceptors (Lipinski definition) is 2. The minimum atomic E-state index is -0.289. The van der Waals surface area contributed by atoms with E-state index in [1.54, 1.807) is 0 Å². The van der Waals surface area contributed by atoms with Crippen molar-refractivity contribution in [2.75, 3.05) is 6.61 Å². The van der Waals surface area contributed by atoms with Crippen LogP contribution in [0.2, 0.25) is 0 Å². The van der Waals surface area contributed by atoms with Gasteiger partial charge >= 0.3 is 0 Å². The Hall–Kier alpha value is -0.0800. The fourth-order valence-corrected chi connectivity index (χ4v) is 2.64. The van der Waals surface area contributed by atoms with Crippen molar-refractivity contribution in [1.29, 1.82) is 0 Å². The Morgan fingerprint density at radius 2 is 1.88 bits per heavy atom. The fraction of sp³-hybridized carbons (Fsp3) is 1.00. The monoisotopic (exact) mass is 228 g/mol. The summed E-state index contributed by atoms with van der Waals surface area (Å²) in [4.78, 5) is 0. The Morgan fingerprint density at radius 1 is 1.25 bits per heavy atom. The van der Waals surface area contributed by atoms with E-state index in [0.29, 0.717) is 24.0 Å². The highest BCUT2D eigenvalue weighted by Crippen LogP contribution is 2.39.